The van der Waals surface area contributed by atoms with Crippen LogP contribution in [0.5, 0.6) is 0 Å². The average molecular weight is 572 g/mol. The van der Waals surface area contributed by atoms with Gasteiger partial charge < -0.3 is 25.0 Å². The van der Waals surface area contributed by atoms with Crippen LogP contribution in [0.1, 0.15) is 52.3 Å². The van der Waals surface area contributed by atoms with Gasteiger partial charge in [0.05, 0.1) is 53.6 Å². The number of hydrogen-bond donors (Lipinski definition) is 3. The summed E-state index contributed by atoms with van der Waals surface area (Å²) in [7, 11) is 0. The number of nitrogens with zero attached hydrogens (tertiary/aromatic N) is 5. The molecular weight excluding hydrogens is 526 g/mol. The minimum absolute atomic E-state index is 0.196. The smallest absolute Gasteiger partial charge is 0.204 e. The Morgan fingerprint density at radius 1 is 0.881 bits per heavy atom. The Labute approximate surface area is 249 Å². The van der Waals surface area contributed by atoms with Crippen molar-refractivity contribution in [1.82, 2.24) is 24.4 Å². The van der Waals surface area contributed by atoms with Crippen molar-refractivity contribution in [2.45, 2.75) is 60.0 Å². The van der Waals surface area contributed by atoms with Gasteiger partial charge in [-0.2, -0.15) is 0 Å². The van der Waals surface area contributed by atoms with E-state index in [-0.39, 0.29) is 6.61 Å². The van der Waals surface area contributed by atoms with E-state index in [1.54, 1.807) is 0 Å². The molecule has 0 spiro atoms. The number of anilines is 2. The topological polar surface area (TPSA) is 100 Å². The van der Waals surface area contributed by atoms with Gasteiger partial charge in [0.2, 0.25) is 5.95 Å². The van der Waals surface area contributed by atoms with Gasteiger partial charge in [0.15, 0.2) is 0 Å². The molecule has 0 saturated carbocycles. The highest BCUT2D eigenvalue weighted by molar-refractivity contribution is 5.80. The third-order valence-electron chi connectivity index (χ3n) is 8.09. The third-order valence-corrected chi connectivity index (χ3v) is 8.09. The number of nitrogens with one attached hydrogen (secondary N) is 2. The molecule has 0 amide bonds. The fraction of sp³-hybridized carbons (Fsp3) is 0.485. The molecule has 0 unspecified atom stereocenters. The van der Waals surface area contributed by atoms with Crippen molar-refractivity contribution in [2.75, 3.05) is 56.6 Å². The van der Waals surface area contributed by atoms with Gasteiger partial charge >= 0.3 is 0 Å². The van der Waals surface area contributed by atoms with E-state index in [2.05, 4.69) is 63.4 Å². The van der Waals surface area contributed by atoms with E-state index in [1.807, 2.05) is 20.8 Å². The van der Waals surface area contributed by atoms with Crippen molar-refractivity contribution >= 4 is 22.7 Å². The van der Waals surface area contributed by atoms with Gasteiger partial charge in [-0.25, -0.2) is 4.98 Å². The summed E-state index contributed by atoms with van der Waals surface area (Å²) in [6, 6.07) is 13.0. The Kier molecular flexibility index (Phi) is 10.0. The number of aryl methyl sites for hydroxylation is 5. The molecule has 2 aromatic carbocycles. The number of morpholine rings is 1. The van der Waals surface area contributed by atoms with E-state index in [1.165, 1.54) is 16.7 Å². The second-order valence-electron chi connectivity index (χ2n) is 11.3. The van der Waals surface area contributed by atoms with Crippen molar-refractivity contribution in [3.8, 4) is 0 Å². The molecule has 3 heterocycles. The Morgan fingerprint density at radius 2 is 1.69 bits per heavy atom. The molecule has 5 rings (SSSR count). The lowest BCUT2D eigenvalue weighted by atomic mass is 10.0. The number of aliphatic hydroxyl groups excluding tert-OH is 1. The van der Waals surface area contributed by atoms with Gasteiger partial charge in [0, 0.05) is 38.5 Å². The van der Waals surface area contributed by atoms with Crippen molar-refractivity contribution in [1.29, 1.82) is 0 Å². The molecule has 2 aromatic heterocycles. The van der Waals surface area contributed by atoms with Crippen molar-refractivity contribution in [2.24, 2.45) is 0 Å². The highest BCUT2D eigenvalue weighted by atomic mass is 16.5. The van der Waals surface area contributed by atoms with Crippen molar-refractivity contribution < 1.29 is 9.84 Å². The molecule has 224 valence electrons. The molecule has 0 bridgehead atoms. The quantitative estimate of drug-likeness (QED) is 0.197. The second-order valence-corrected chi connectivity index (χ2v) is 11.3. The summed E-state index contributed by atoms with van der Waals surface area (Å²) >= 11 is 0. The number of aromatic nitrogens is 4. The van der Waals surface area contributed by atoms with Crippen LogP contribution in [-0.4, -0.2) is 75.5 Å². The number of aliphatic hydroxyl groups is 1. The first-order valence-electron chi connectivity index (χ1n) is 15.2. The van der Waals surface area contributed by atoms with Crippen LogP contribution in [0.3, 0.4) is 0 Å². The lowest BCUT2D eigenvalue weighted by Gasteiger charge is -2.26. The van der Waals surface area contributed by atoms with Gasteiger partial charge in [-0.05, 0) is 88.4 Å². The fourth-order valence-electron chi connectivity index (χ4n) is 5.50. The third kappa shape index (κ3) is 7.45. The van der Waals surface area contributed by atoms with Gasteiger partial charge in [-0.1, -0.05) is 18.2 Å². The first-order chi connectivity index (χ1) is 20.4. The average Bonchev–Trinajstić information content (AvgIpc) is 3.33. The zero-order chi connectivity index (χ0) is 29.5. The zero-order valence-electron chi connectivity index (χ0n) is 25.5. The SMILES string of the molecule is Cc1ccc(CCCO)c(NCc2ccc3nc(NCCCN4CCOCC4)n(Cc4nc(C)c(C)nc4C)c3c2)c1. The van der Waals surface area contributed by atoms with Crippen LogP contribution >= 0.6 is 0 Å². The minimum atomic E-state index is 0.196. The number of rotatable bonds is 13. The van der Waals surface area contributed by atoms with Gasteiger partial charge in [-0.15, -0.1) is 0 Å². The maximum Gasteiger partial charge on any atom is 0.204 e. The molecule has 0 aliphatic carbocycles. The molecule has 1 aliphatic heterocycles. The largest absolute Gasteiger partial charge is 0.396 e. The van der Waals surface area contributed by atoms with E-state index >= 15 is 0 Å². The van der Waals surface area contributed by atoms with Crippen LogP contribution in [0.4, 0.5) is 11.6 Å². The molecule has 3 N–H and O–H groups in total. The lowest BCUT2D eigenvalue weighted by Crippen LogP contribution is -2.37. The van der Waals surface area contributed by atoms with Crippen molar-refractivity contribution in [3.63, 3.8) is 0 Å². The van der Waals surface area contributed by atoms with E-state index < -0.39 is 0 Å². The summed E-state index contributed by atoms with van der Waals surface area (Å²) in [5.74, 6) is 0.862. The zero-order valence-corrected chi connectivity index (χ0v) is 25.5. The molecule has 42 heavy (non-hydrogen) atoms. The van der Waals surface area contributed by atoms with E-state index in [9.17, 15) is 5.11 Å². The Hall–Kier alpha value is -3.53. The van der Waals surface area contributed by atoms with E-state index in [4.69, 9.17) is 19.7 Å². The molecule has 1 saturated heterocycles. The summed E-state index contributed by atoms with van der Waals surface area (Å²) in [5, 5.41) is 16.6. The van der Waals surface area contributed by atoms with Gasteiger partial charge in [-0.3, -0.25) is 14.9 Å². The fourth-order valence-corrected chi connectivity index (χ4v) is 5.50. The number of fused-ring (bicyclic) bond motifs is 1. The maximum absolute atomic E-state index is 9.34. The first kappa shape index (κ1) is 29.9. The molecule has 9 heteroatoms. The predicted molar refractivity (Wildman–Crippen MR) is 169 cm³/mol. The number of benzene rings is 2. The van der Waals surface area contributed by atoms with Crippen molar-refractivity contribution in [3.05, 3.63) is 75.9 Å². The Balaban J connectivity index is 1.38. The highest BCUT2D eigenvalue weighted by Gasteiger charge is 2.16. The van der Waals surface area contributed by atoms with E-state index in [0.29, 0.717) is 13.1 Å². The molecule has 4 aromatic rings. The molecule has 0 radical (unpaired) electrons. The highest BCUT2D eigenvalue weighted by Crippen LogP contribution is 2.25. The molecule has 1 fully saturated rings. The van der Waals surface area contributed by atoms with Crippen LogP contribution in [0, 0.1) is 27.7 Å². The maximum atomic E-state index is 9.34. The molecule has 1 aliphatic rings. The second kappa shape index (κ2) is 14.1. The van der Waals surface area contributed by atoms with Crippen LogP contribution in [0.2, 0.25) is 0 Å². The van der Waals surface area contributed by atoms with E-state index in [0.717, 1.165) is 104 Å². The predicted octanol–water partition coefficient (Wildman–Crippen LogP) is 4.78. The number of imidazole rings is 1. The first-order valence-corrected chi connectivity index (χ1v) is 15.2. The minimum Gasteiger partial charge on any atom is -0.396 e. The summed E-state index contributed by atoms with van der Waals surface area (Å²) in [4.78, 5) is 17.1. The summed E-state index contributed by atoms with van der Waals surface area (Å²) in [6.45, 7) is 15.2. The monoisotopic (exact) mass is 571 g/mol. The standard InChI is InChI=1S/C33H45N7O2/c1-23-8-10-28(7-5-16-41)30(19-23)35-21-27-9-11-29-32(20-27)40(22-31-26(4)36-24(2)25(3)37-31)33(38-29)34-12-6-13-39-14-17-42-18-15-39/h8-11,19-20,35,41H,5-7,12-18,21-22H2,1-4H3,(H,34,38). The summed E-state index contributed by atoms with van der Waals surface area (Å²) < 4.78 is 7.74. The normalized spacial score (nSPS) is 14.0. The van der Waals surface area contributed by atoms with Crippen LogP contribution in [0.15, 0.2) is 36.4 Å². The molecule has 0 atom stereocenters. The van der Waals surface area contributed by atoms with Crippen LogP contribution in [0.25, 0.3) is 11.0 Å². The van der Waals surface area contributed by atoms with Gasteiger partial charge in [0.25, 0.3) is 0 Å². The Bertz CT molecular complexity index is 1490. The summed E-state index contributed by atoms with van der Waals surface area (Å²) in [6.07, 6.45) is 2.64. The Morgan fingerprint density at radius 3 is 2.50 bits per heavy atom. The number of hydrogen-bond acceptors (Lipinski definition) is 8. The van der Waals surface area contributed by atoms with Crippen LogP contribution in [-0.2, 0) is 24.2 Å². The van der Waals surface area contributed by atoms with Gasteiger partial charge in [0.1, 0.15) is 0 Å². The molecule has 9 nitrogen and oxygen atoms in total. The van der Waals surface area contributed by atoms with Crippen LogP contribution < -0.4 is 10.6 Å². The number of ether oxygens (including phenoxy) is 1. The molecular formula is C33H45N7O2. The lowest BCUT2D eigenvalue weighted by molar-refractivity contribution is 0.0378. The summed E-state index contributed by atoms with van der Waals surface area (Å²) in [5.41, 5.74) is 10.6.